The normalized spacial score (nSPS) is 19.6. The summed E-state index contributed by atoms with van der Waals surface area (Å²) >= 11 is 0. The fraction of sp³-hybridized carbons (Fsp3) is 0.833. The molecular formula is C12H23MnO14-. The van der Waals surface area contributed by atoms with E-state index in [4.69, 9.17) is 56.2 Å². The molecular weight excluding hydrogens is 423 g/mol. The Hall–Kier alpha value is -0.941. The molecule has 0 unspecified atom stereocenters. The number of carboxylic acid groups (broad SMARTS) is 2. The Labute approximate surface area is 162 Å². The predicted octanol–water partition coefficient (Wildman–Crippen LogP) is -8.32. The minimum absolute atomic E-state index is 0. The summed E-state index contributed by atoms with van der Waals surface area (Å²) in [5.74, 6) is -3.70. The Morgan fingerprint density at radius 2 is 0.963 bits per heavy atom. The van der Waals surface area contributed by atoms with Crippen molar-refractivity contribution in [2.45, 2.75) is 48.8 Å². The zero-order chi connectivity index (χ0) is 21.2. The van der Waals surface area contributed by atoms with Crippen molar-refractivity contribution in [1.29, 1.82) is 0 Å². The number of hydrogen-bond donors (Lipinski definition) is 11. The van der Waals surface area contributed by atoms with E-state index in [1.807, 2.05) is 0 Å². The molecule has 1 radical (unpaired) electrons. The number of aliphatic hydroxyl groups is 10. The number of carbonyl (C=O) groups excluding carboxylic acids is 1. The topological polar surface area (TPSA) is 280 Å². The molecule has 163 valence electrons. The number of hydrogen-bond acceptors (Lipinski definition) is 13. The number of carboxylic acids is 2. The SMILES string of the molecule is O=C(O)[C@H](O)[C@@H](O)[C@H](O)[C@H](O)CO.O=C([O-])[C@H](O)[C@@H](O)[C@H](O)[C@H](O)CO.[Mn]. The van der Waals surface area contributed by atoms with Gasteiger partial charge in [0.2, 0.25) is 0 Å². The molecule has 0 aromatic heterocycles. The van der Waals surface area contributed by atoms with Crippen molar-refractivity contribution in [2.75, 3.05) is 13.2 Å². The van der Waals surface area contributed by atoms with Crippen molar-refractivity contribution >= 4 is 11.9 Å². The molecule has 0 bridgehead atoms. The van der Waals surface area contributed by atoms with Crippen molar-refractivity contribution in [3.63, 3.8) is 0 Å². The first-order valence-electron chi connectivity index (χ1n) is 6.93. The van der Waals surface area contributed by atoms with Gasteiger partial charge in [-0.1, -0.05) is 0 Å². The molecule has 0 heterocycles. The van der Waals surface area contributed by atoms with Gasteiger partial charge < -0.3 is 66.1 Å². The number of carbonyl (C=O) groups is 2. The molecule has 0 amide bonds. The molecule has 0 saturated heterocycles. The number of rotatable bonds is 10. The van der Waals surface area contributed by atoms with E-state index in [1.165, 1.54) is 0 Å². The molecule has 14 nitrogen and oxygen atoms in total. The van der Waals surface area contributed by atoms with Crippen LogP contribution in [0.1, 0.15) is 0 Å². The van der Waals surface area contributed by atoms with Crippen LogP contribution >= 0.6 is 0 Å². The average molecular weight is 446 g/mol. The molecule has 11 N–H and O–H groups in total. The Kier molecular flexibility index (Phi) is 17.1. The second-order valence-electron chi connectivity index (χ2n) is 5.01. The minimum atomic E-state index is -2.31. The summed E-state index contributed by atoms with van der Waals surface area (Å²) in [6.07, 6.45) is -15.9. The van der Waals surface area contributed by atoms with Gasteiger partial charge in [0.05, 0.1) is 19.2 Å². The third-order valence-electron chi connectivity index (χ3n) is 3.00. The van der Waals surface area contributed by atoms with Crippen LogP contribution in [-0.2, 0) is 26.7 Å². The molecule has 0 saturated carbocycles. The van der Waals surface area contributed by atoms with Crippen molar-refractivity contribution in [3.8, 4) is 0 Å². The average Bonchev–Trinajstić information content (AvgIpc) is 2.62. The molecule has 27 heavy (non-hydrogen) atoms. The second kappa shape index (κ2) is 15.0. The van der Waals surface area contributed by atoms with Crippen LogP contribution in [0.4, 0.5) is 0 Å². The zero-order valence-corrected chi connectivity index (χ0v) is 14.7. The Morgan fingerprint density at radius 1 is 0.667 bits per heavy atom. The van der Waals surface area contributed by atoms with Crippen LogP contribution in [0.15, 0.2) is 0 Å². The van der Waals surface area contributed by atoms with E-state index >= 15 is 0 Å². The summed E-state index contributed by atoms with van der Waals surface area (Å²) in [6, 6.07) is 0. The van der Waals surface area contributed by atoms with Gasteiger partial charge in [-0.25, -0.2) is 4.79 Å². The molecule has 0 aliphatic carbocycles. The van der Waals surface area contributed by atoms with Crippen LogP contribution in [0, 0.1) is 0 Å². The number of aliphatic carboxylic acids is 2. The van der Waals surface area contributed by atoms with E-state index in [0.29, 0.717) is 0 Å². The van der Waals surface area contributed by atoms with Gasteiger partial charge in [0, 0.05) is 17.1 Å². The fourth-order valence-corrected chi connectivity index (χ4v) is 1.33. The third-order valence-corrected chi connectivity index (χ3v) is 3.00. The maximum Gasteiger partial charge on any atom is 0.335 e. The van der Waals surface area contributed by atoms with Crippen molar-refractivity contribution < 1.29 is 87.9 Å². The van der Waals surface area contributed by atoms with Gasteiger partial charge in [0.25, 0.3) is 0 Å². The van der Waals surface area contributed by atoms with Crippen LogP contribution in [0.25, 0.3) is 0 Å². The monoisotopic (exact) mass is 446 g/mol. The maximum atomic E-state index is 10.1. The summed E-state index contributed by atoms with van der Waals surface area (Å²) in [5.41, 5.74) is 0. The van der Waals surface area contributed by atoms with Gasteiger partial charge >= 0.3 is 5.97 Å². The summed E-state index contributed by atoms with van der Waals surface area (Å²) in [4.78, 5) is 20.1. The fourth-order valence-electron chi connectivity index (χ4n) is 1.33. The molecule has 8 atom stereocenters. The van der Waals surface area contributed by atoms with Crippen LogP contribution in [-0.4, -0.2) is 130 Å². The van der Waals surface area contributed by atoms with Gasteiger partial charge in [-0.05, 0) is 0 Å². The first kappa shape index (κ1) is 30.8. The molecule has 0 aromatic rings. The molecule has 0 aliphatic rings. The van der Waals surface area contributed by atoms with Crippen molar-refractivity contribution in [1.82, 2.24) is 0 Å². The summed E-state index contributed by atoms with van der Waals surface area (Å²) in [5, 5.41) is 105. The summed E-state index contributed by atoms with van der Waals surface area (Å²) < 4.78 is 0. The second-order valence-corrected chi connectivity index (χ2v) is 5.01. The standard InChI is InChI=1S/2C6H12O7.Mn/c2*7-1-2(8)3(9)4(10)5(11)6(12)13;/h2*2-5,7-11H,1H2,(H,12,13);/p-1/t2*2-,3-,4+,5-;/m11./s1. The smallest absolute Gasteiger partial charge is 0.335 e. The quantitative estimate of drug-likeness (QED) is 0.139. The van der Waals surface area contributed by atoms with Crippen LogP contribution in [0.5, 0.6) is 0 Å². The van der Waals surface area contributed by atoms with E-state index in [2.05, 4.69) is 0 Å². The first-order valence-corrected chi connectivity index (χ1v) is 6.93. The summed E-state index contributed by atoms with van der Waals surface area (Å²) in [7, 11) is 0. The third kappa shape index (κ3) is 10.8. The molecule has 0 aliphatic heterocycles. The maximum absolute atomic E-state index is 10.1. The van der Waals surface area contributed by atoms with E-state index in [9.17, 15) is 14.7 Å². The van der Waals surface area contributed by atoms with Crippen LogP contribution < -0.4 is 5.11 Å². The molecule has 0 rings (SSSR count). The molecule has 0 spiro atoms. The van der Waals surface area contributed by atoms with Gasteiger partial charge in [0.1, 0.15) is 42.7 Å². The molecule has 0 aromatic carbocycles. The molecule has 0 fully saturated rings. The number of aliphatic hydroxyl groups excluding tert-OH is 10. The van der Waals surface area contributed by atoms with Gasteiger partial charge in [0.15, 0.2) is 6.10 Å². The van der Waals surface area contributed by atoms with Crippen LogP contribution in [0.2, 0.25) is 0 Å². The minimum Gasteiger partial charge on any atom is -0.547 e. The van der Waals surface area contributed by atoms with Gasteiger partial charge in [-0.15, -0.1) is 0 Å². The van der Waals surface area contributed by atoms with Gasteiger partial charge in [-0.3, -0.25) is 0 Å². The summed E-state index contributed by atoms with van der Waals surface area (Å²) in [6.45, 7) is -1.71. The van der Waals surface area contributed by atoms with E-state index < -0.39 is 74.0 Å². The first-order chi connectivity index (χ1) is 11.8. The van der Waals surface area contributed by atoms with E-state index in [0.717, 1.165) is 0 Å². The predicted molar refractivity (Wildman–Crippen MR) is 74.9 cm³/mol. The Balaban J connectivity index is -0.000000411. The van der Waals surface area contributed by atoms with Crippen LogP contribution in [0.3, 0.4) is 0 Å². The van der Waals surface area contributed by atoms with Gasteiger partial charge in [-0.2, -0.15) is 0 Å². The zero-order valence-electron chi connectivity index (χ0n) is 13.6. The molecule has 15 heteroatoms. The van der Waals surface area contributed by atoms with Crippen molar-refractivity contribution in [3.05, 3.63) is 0 Å². The van der Waals surface area contributed by atoms with E-state index in [-0.39, 0.29) is 17.1 Å². The van der Waals surface area contributed by atoms with Crippen molar-refractivity contribution in [2.24, 2.45) is 0 Å². The Morgan fingerprint density at radius 3 is 1.19 bits per heavy atom. The van der Waals surface area contributed by atoms with E-state index in [1.54, 1.807) is 0 Å². The largest absolute Gasteiger partial charge is 0.547 e. The Bertz CT molecular complexity index is 385.